The molecule has 0 aromatic carbocycles. The SMILES string of the molecule is CCCCN(P)CCCC.O=NO. The Labute approximate surface area is 82.9 Å². The number of hydrogen-bond donors (Lipinski definition) is 1. The molecule has 0 aliphatic rings. The van der Waals surface area contributed by atoms with E-state index in [-0.39, 0.29) is 0 Å². The lowest BCUT2D eigenvalue weighted by Gasteiger charge is -2.14. The lowest BCUT2D eigenvalue weighted by atomic mass is 10.3. The Balaban J connectivity index is 0. The van der Waals surface area contributed by atoms with Gasteiger partial charge in [-0.15, -0.1) is 4.91 Å². The third kappa shape index (κ3) is 18.6. The molecule has 0 rings (SSSR count). The maximum atomic E-state index is 8.11. The molecule has 0 saturated carbocycles. The normalized spacial score (nSPS) is 9.23. The van der Waals surface area contributed by atoms with Crippen molar-refractivity contribution in [1.29, 1.82) is 0 Å². The monoisotopic (exact) mass is 208 g/mol. The molecule has 0 spiro atoms. The summed E-state index contributed by atoms with van der Waals surface area (Å²) in [6.45, 7) is 6.94. The molecule has 0 fully saturated rings. The fraction of sp³-hybridized carbons (Fsp3) is 1.00. The predicted octanol–water partition coefficient (Wildman–Crippen LogP) is 2.82. The van der Waals surface area contributed by atoms with Crippen molar-refractivity contribution < 1.29 is 5.21 Å². The van der Waals surface area contributed by atoms with E-state index in [0.29, 0.717) is 0 Å². The van der Waals surface area contributed by atoms with Crippen LogP contribution in [0.4, 0.5) is 0 Å². The van der Waals surface area contributed by atoms with Crippen LogP contribution in [-0.2, 0) is 0 Å². The summed E-state index contributed by atoms with van der Waals surface area (Å²) >= 11 is 0. The lowest BCUT2D eigenvalue weighted by molar-refractivity contribution is 0.312. The van der Waals surface area contributed by atoms with Crippen molar-refractivity contribution in [3.63, 3.8) is 0 Å². The van der Waals surface area contributed by atoms with Crippen LogP contribution in [0.1, 0.15) is 39.5 Å². The summed E-state index contributed by atoms with van der Waals surface area (Å²) in [5.41, 5.74) is 0. The van der Waals surface area contributed by atoms with Crippen LogP contribution in [0.25, 0.3) is 0 Å². The van der Waals surface area contributed by atoms with Crippen LogP contribution in [0.15, 0.2) is 5.34 Å². The minimum atomic E-state index is 1.24. The maximum absolute atomic E-state index is 8.11. The van der Waals surface area contributed by atoms with E-state index in [0.717, 1.165) is 0 Å². The third-order valence-electron chi connectivity index (χ3n) is 1.60. The zero-order chi connectivity index (χ0) is 10.5. The van der Waals surface area contributed by atoms with Gasteiger partial charge in [-0.05, 0) is 12.8 Å². The van der Waals surface area contributed by atoms with Crippen LogP contribution in [0.5, 0.6) is 0 Å². The smallest absolute Gasteiger partial charge is 0.152 e. The van der Waals surface area contributed by atoms with E-state index >= 15 is 0 Å². The van der Waals surface area contributed by atoms with Crippen LogP contribution in [-0.4, -0.2) is 23.0 Å². The van der Waals surface area contributed by atoms with Gasteiger partial charge in [0.25, 0.3) is 0 Å². The van der Waals surface area contributed by atoms with Crippen molar-refractivity contribution in [1.82, 2.24) is 4.67 Å². The zero-order valence-corrected chi connectivity index (χ0v) is 9.72. The van der Waals surface area contributed by atoms with E-state index in [1.807, 2.05) is 0 Å². The molecule has 5 heteroatoms. The molecule has 0 aliphatic carbocycles. The molecule has 80 valence electrons. The van der Waals surface area contributed by atoms with Crippen molar-refractivity contribution in [3.8, 4) is 0 Å². The van der Waals surface area contributed by atoms with Crippen LogP contribution < -0.4 is 0 Å². The standard InChI is InChI=1S/C8H20NP.HNO2/c1-3-5-7-9(10)8-6-4-2;2-1-3/h3-8,10H2,1-2H3;(H,2,3). The molecule has 4 nitrogen and oxygen atoms in total. The van der Waals surface area contributed by atoms with E-state index in [1.165, 1.54) is 44.1 Å². The average molecular weight is 208 g/mol. The highest BCUT2D eigenvalue weighted by Crippen LogP contribution is 2.03. The minimum Gasteiger partial charge on any atom is -0.379 e. The van der Waals surface area contributed by atoms with Crippen molar-refractivity contribution in [2.75, 3.05) is 13.1 Å². The van der Waals surface area contributed by atoms with Gasteiger partial charge in [-0.1, -0.05) is 36.1 Å². The van der Waals surface area contributed by atoms with Gasteiger partial charge in [-0.25, -0.2) is 0 Å². The van der Waals surface area contributed by atoms with E-state index < -0.39 is 0 Å². The van der Waals surface area contributed by atoms with Gasteiger partial charge in [-0.2, -0.15) is 0 Å². The van der Waals surface area contributed by atoms with Crippen LogP contribution >= 0.6 is 9.39 Å². The first-order valence-electron chi connectivity index (χ1n) is 4.69. The van der Waals surface area contributed by atoms with Crippen molar-refractivity contribution >= 4 is 9.39 Å². The molecule has 0 bridgehead atoms. The molecule has 13 heavy (non-hydrogen) atoms. The highest BCUT2D eigenvalue weighted by atomic mass is 31.0. The molecule has 0 radical (unpaired) electrons. The highest BCUT2D eigenvalue weighted by molar-refractivity contribution is 7.13. The van der Waals surface area contributed by atoms with Gasteiger partial charge in [0.05, 0.1) is 0 Å². The Morgan fingerprint density at radius 1 is 1.23 bits per heavy atom. The third-order valence-corrected chi connectivity index (χ3v) is 2.11. The van der Waals surface area contributed by atoms with Gasteiger partial charge in [-0.3, -0.25) is 4.67 Å². The first-order valence-corrected chi connectivity index (χ1v) is 5.20. The topological polar surface area (TPSA) is 52.9 Å². The lowest BCUT2D eigenvalue weighted by Crippen LogP contribution is -2.13. The first kappa shape index (κ1) is 15.3. The fourth-order valence-corrected chi connectivity index (χ4v) is 1.20. The van der Waals surface area contributed by atoms with Crippen LogP contribution in [0.3, 0.4) is 0 Å². The summed E-state index contributed by atoms with van der Waals surface area (Å²) < 4.78 is 2.34. The Hall–Kier alpha value is -0.210. The quantitative estimate of drug-likeness (QED) is 0.415. The second kappa shape index (κ2) is 14.3. The van der Waals surface area contributed by atoms with Crippen molar-refractivity contribution in [2.24, 2.45) is 5.34 Å². The fourth-order valence-electron chi connectivity index (χ4n) is 0.834. The summed E-state index contributed by atoms with van der Waals surface area (Å²) in [5, 5.41) is 7.89. The molecule has 0 aromatic rings. The van der Waals surface area contributed by atoms with E-state index in [1.54, 1.807) is 0 Å². The molecule has 0 aromatic heterocycles. The largest absolute Gasteiger partial charge is 0.379 e. The highest BCUT2D eigenvalue weighted by Gasteiger charge is 1.94. The molecular formula is C8H21N2O2P. The first-order chi connectivity index (χ1) is 6.22. The Bertz CT molecular complexity index is 96.1. The molecule has 0 saturated heterocycles. The van der Waals surface area contributed by atoms with E-state index in [2.05, 4.69) is 27.9 Å². The predicted molar refractivity (Wildman–Crippen MR) is 58.7 cm³/mol. The minimum absolute atomic E-state index is 1.24. The summed E-state index contributed by atoms with van der Waals surface area (Å²) in [5.74, 6) is 0. The number of nitrogens with zero attached hydrogens (tertiary/aromatic N) is 2. The molecule has 0 heterocycles. The molecule has 1 unspecified atom stereocenters. The second-order valence-electron chi connectivity index (χ2n) is 2.82. The van der Waals surface area contributed by atoms with Crippen molar-refractivity contribution in [2.45, 2.75) is 39.5 Å². The van der Waals surface area contributed by atoms with E-state index in [9.17, 15) is 0 Å². The maximum Gasteiger partial charge on any atom is 0.152 e. The second-order valence-corrected chi connectivity index (χ2v) is 3.56. The number of hydrogen-bond acceptors (Lipinski definition) is 3. The zero-order valence-electron chi connectivity index (χ0n) is 8.57. The van der Waals surface area contributed by atoms with E-state index in [4.69, 9.17) is 10.1 Å². The Kier molecular flexibility index (Phi) is 16.8. The van der Waals surface area contributed by atoms with Gasteiger partial charge >= 0.3 is 0 Å². The van der Waals surface area contributed by atoms with Gasteiger partial charge in [0.1, 0.15) is 0 Å². The molecule has 1 atom stereocenters. The number of rotatable bonds is 6. The van der Waals surface area contributed by atoms with Crippen LogP contribution in [0, 0.1) is 4.91 Å². The van der Waals surface area contributed by atoms with Gasteiger partial charge in [0, 0.05) is 13.1 Å². The molecule has 0 aliphatic heterocycles. The van der Waals surface area contributed by atoms with Gasteiger partial charge in [0.2, 0.25) is 0 Å². The van der Waals surface area contributed by atoms with Crippen LogP contribution in [0.2, 0.25) is 0 Å². The van der Waals surface area contributed by atoms with Gasteiger partial charge < -0.3 is 5.21 Å². The average Bonchev–Trinajstić information content (AvgIpc) is 2.12. The van der Waals surface area contributed by atoms with Crippen molar-refractivity contribution in [3.05, 3.63) is 4.91 Å². The summed E-state index contributed by atoms with van der Waals surface area (Å²) in [7, 11) is 2.79. The molecular weight excluding hydrogens is 187 g/mol. The Morgan fingerprint density at radius 3 is 1.77 bits per heavy atom. The molecule has 1 N–H and O–H groups in total. The summed E-state index contributed by atoms with van der Waals surface area (Å²) in [6, 6.07) is 0. The number of unbranched alkanes of at least 4 members (excludes halogenated alkanes) is 2. The summed E-state index contributed by atoms with van der Waals surface area (Å²) in [6.07, 6.45) is 5.26. The van der Waals surface area contributed by atoms with Gasteiger partial charge in [0.15, 0.2) is 5.34 Å². The Morgan fingerprint density at radius 2 is 1.54 bits per heavy atom. The molecule has 0 amide bonds. The summed E-state index contributed by atoms with van der Waals surface area (Å²) in [4.78, 5) is 8.11.